The van der Waals surface area contributed by atoms with Crippen molar-refractivity contribution in [3.63, 3.8) is 0 Å². The highest BCUT2D eigenvalue weighted by Gasteiger charge is 2.25. The van der Waals surface area contributed by atoms with Gasteiger partial charge in [0.25, 0.3) is 0 Å². The molecule has 4 nitrogen and oxygen atoms in total. The molecule has 3 rings (SSSR count). The van der Waals surface area contributed by atoms with E-state index in [1.807, 2.05) is 36.4 Å². The molecule has 0 saturated heterocycles. The van der Waals surface area contributed by atoms with Crippen molar-refractivity contribution in [1.29, 1.82) is 0 Å². The minimum atomic E-state index is -0.355. The standard InChI is InChI=1S/C17H16O4/c1-19-16-13-5-3-4-6-15(13)21-10-12-8-7-11(9-14(12)16)17(18)20-2/h3-9,16H,10H2,1-2H3. The predicted octanol–water partition coefficient (Wildman–Crippen LogP) is 3.10. The van der Waals surface area contributed by atoms with Crippen LogP contribution in [0.25, 0.3) is 0 Å². The van der Waals surface area contributed by atoms with Crippen molar-refractivity contribution in [1.82, 2.24) is 0 Å². The summed E-state index contributed by atoms with van der Waals surface area (Å²) in [5.41, 5.74) is 3.41. The fraction of sp³-hybridized carbons (Fsp3) is 0.235. The summed E-state index contributed by atoms with van der Waals surface area (Å²) in [5, 5.41) is 0. The second-order valence-electron chi connectivity index (χ2n) is 4.85. The Hall–Kier alpha value is -2.33. The Kier molecular flexibility index (Phi) is 3.62. The summed E-state index contributed by atoms with van der Waals surface area (Å²) in [6.07, 6.45) is -0.261. The number of esters is 1. The zero-order chi connectivity index (χ0) is 14.8. The van der Waals surface area contributed by atoms with Gasteiger partial charge in [-0.3, -0.25) is 0 Å². The summed E-state index contributed by atoms with van der Waals surface area (Å²) in [6.45, 7) is 0.452. The smallest absolute Gasteiger partial charge is 0.337 e. The second-order valence-corrected chi connectivity index (χ2v) is 4.85. The first kappa shape index (κ1) is 13.6. The number of rotatable bonds is 2. The summed E-state index contributed by atoms with van der Waals surface area (Å²) in [6, 6.07) is 13.2. The highest BCUT2D eigenvalue weighted by Crippen LogP contribution is 2.37. The van der Waals surface area contributed by atoms with Gasteiger partial charge in [0.1, 0.15) is 18.5 Å². The number of ether oxygens (including phenoxy) is 3. The van der Waals surface area contributed by atoms with E-state index >= 15 is 0 Å². The van der Waals surface area contributed by atoms with Crippen LogP contribution in [0.4, 0.5) is 0 Å². The van der Waals surface area contributed by atoms with Crippen LogP contribution in [0.3, 0.4) is 0 Å². The third-order valence-corrected chi connectivity index (χ3v) is 3.67. The largest absolute Gasteiger partial charge is 0.488 e. The van der Waals surface area contributed by atoms with E-state index in [2.05, 4.69) is 0 Å². The van der Waals surface area contributed by atoms with Crippen LogP contribution in [0, 0.1) is 0 Å². The molecule has 1 aliphatic heterocycles. The van der Waals surface area contributed by atoms with Gasteiger partial charge in [-0.1, -0.05) is 24.3 Å². The first-order valence-electron chi connectivity index (χ1n) is 6.70. The molecule has 0 saturated carbocycles. The molecule has 4 heteroatoms. The average molecular weight is 284 g/mol. The minimum Gasteiger partial charge on any atom is -0.488 e. The van der Waals surface area contributed by atoms with Crippen LogP contribution < -0.4 is 4.74 Å². The van der Waals surface area contributed by atoms with Crippen molar-refractivity contribution in [3.05, 3.63) is 64.7 Å². The minimum absolute atomic E-state index is 0.261. The summed E-state index contributed by atoms with van der Waals surface area (Å²) in [4.78, 5) is 11.7. The molecule has 1 atom stereocenters. The zero-order valence-corrected chi connectivity index (χ0v) is 12.0. The van der Waals surface area contributed by atoms with Crippen molar-refractivity contribution in [2.75, 3.05) is 14.2 Å². The molecule has 1 aliphatic rings. The lowest BCUT2D eigenvalue weighted by molar-refractivity contribution is 0.0600. The van der Waals surface area contributed by atoms with Gasteiger partial charge in [-0.15, -0.1) is 0 Å². The third kappa shape index (κ3) is 2.38. The Bertz CT molecular complexity index is 678. The Morgan fingerprint density at radius 1 is 1.14 bits per heavy atom. The molecule has 1 unspecified atom stereocenters. The van der Waals surface area contributed by atoms with E-state index in [1.54, 1.807) is 13.2 Å². The maximum atomic E-state index is 11.7. The third-order valence-electron chi connectivity index (χ3n) is 3.67. The van der Waals surface area contributed by atoms with Crippen molar-refractivity contribution >= 4 is 5.97 Å². The lowest BCUT2D eigenvalue weighted by atomic mass is 9.95. The number of hydrogen-bond acceptors (Lipinski definition) is 4. The quantitative estimate of drug-likeness (QED) is 0.795. The van der Waals surface area contributed by atoms with E-state index in [-0.39, 0.29) is 12.1 Å². The summed E-state index contributed by atoms with van der Waals surface area (Å²) in [5.74, 6) is 0.450. The zero-order valence-electron chi connectivity index (χ0n) is 12.0. The van der Waals surface area contributed by atoms with Gasteiger partial charge in [-0.2, -0.15) is 0 Å². The van der Waals surface area contributed by atoms with Crippen LogP contribution in [0.2, 0.25) is 0 Å². The monoisotopic (exact) mass is 284 g/mol. The normalized spacial score (nSPS) is 16.2. The topological polar surface area (TPSA) is 44.8 Å². The lowest BCUT2D eigenvalue weighted by Crippen LogP contribution is -2.08. The molecule has 2 aromatic rings. The predicted molar refractivity (Wildman–Crippen MR) is 77.4 cm³/mol. The molecule has 108 valence electrons. The highest BCUT2D eigenvalue weighted by atomic mass is 16.5. The number of carbonyl (C=O) groups is 1. The molecule has 0 bridgehead atoms. The van der Waals surface area contributed by atoms with Gasteiger partial charge in [0, 0.05) is 12.7 Å². The number of hydrogen-bond donors (Lipinski definition) is 0. The maximum absolute atomic E-state index is 11.7. The molecule has 2 aromatic carbocycles. The Morgan fingerprint density at radius 3 is 2.71 bits per heavy atom. The van der Waals surface area contributed by atoms with Gasteiger partial charge in [-0.25, -0.2) is 4.79 Å². The molecule has 0 aromatic heterocycles. The summed E-state index contributed by atoms with van der Waals surface area (Å²) >= 11 is 0. The van der Waals surface area contributed by atoms with E-state index in [0.29, 0.717) is 12.2 Å². The molecule has 0 N–H and O–H groups in total. The van der Waals surface area contributed by atoms with Gasteiger partial charge in [-0.05, 0) is 29.3 Å². The van der Waals surface area contributed by atoms with Gasteiger partial charge in [0.2, 0.25) is 0 Å². The fourth-order valence-corrected chi connectivity index (χ4v) is 2.62. The molecule has 1 heterocycles. The Morgan fingerprint density at radius 2 is 1.95 bits per heavy atom. The summed E-state index contributed by atoms with van der Waals surface area (Å²) < 4.78 is 16.3. The number of carbonyl (C=O) groups excluding carboxylic acids is 1. The van der Waals surface area contributed by atoms with Crippen LogP contribution in [0.15, 0.2) is 42.5 Å². The average Bonchev–Trinajstić information content (AvgIpc) is 2.69. The second kappa shape index (κ2) is 5.58. The van der Waals surface area contributed by atoms with Crippen molar-refractivity contribution in [3.8, 4) is 5.75 Å². The van der Waals surface area contributed by atoms with Gasteiger partial charge in [0.15, 0.2) is 0 Å². The number of fused-ring (bicyclic) bond motifs is 2. The number of methoxy groups -OCH3 is 2. The lowest BCUT2D eigenvalue weighted by Gasteiger charge is -2.17. The van der Waals surface area contributed by atoms with Gasteiger partial charge in [0.05, 0.1) is 12.7 Å². The molecule has 0 fully saturated rings. The molecular weight excluding hydrogens is 268 g/mol. The van der Waals surface area contributed by atoms with Crippen LogP contribution in [0.5, 0.6) is 5.75 Å². The first-order chi connectivity index (χ1) is 10.2. The highest BCUT2D eigenvalue weighted by molar-refractivity contribution is 5.89. The van der Waals surface area contributed by atoms with Crippen LogP contribution in [-0.2, 0) is 16.1 Å². The van der Waals surface area contributed by atoms with Crippen LogP contribution >= 0.6 is 0 Å². The van der Waals surface area contributed by atoms with Crippen molar-refractivity contribution in [2.45, 2.75) is 12.7 Å². The molecule has 21 heavy (non-hydrogen) atoms. The van der Waals surface area contributed by atoms with Gasteiger partial charge < -0.3 is 14.2 Å². The first-order valence-corrected chi connectivity index (χ1v) is 6.70. The van der Waals surface area contributed by atoms with E-state index < -0.39 is 0 Å². The molecule has 0 aliphatic carbocycles. The molecule has 0 spiro atoms. The van der Waals surface area contributed by atoms with E-state index in [0.717, 1.165) is 22.4 Å². The van der Waals surface area contributed by atoms with Crippen LogP contribution in [-0.4, -0.2) is 20.2 Å². The number of para-hydroxylation sites is 1. The van der Waals surface area contributed by atoms with Crippen molar-refractivity contribution < 1.29 is 19.0 Å². The molecular formula is C17H16O4. The molecule has 0 radical (unpaired) electrons. The Balaban J connectivity index is 2.14. The van der Waals surface area contributed by atoms with Gasteiger partial charge >= 0.3 is 5.97 Å². The maximum Gasteiger partial charge on any atom is 0.337 e. The fourth-order valence-electron chi connectivity index (χ4n) is 2.62. The Labute approximate surface area is 123 Å². The van der Waals surface area contributed by atoms with E-state index in [1.165, 1.54) is 7.11 Å². The summed E-state index contributed by atoms with van der Waals surface area (Å²) in [7, 11) is 3.03. The SMILES string of the molecule is COC(=O)c1ccc2c(c1)C(OC)c1ccccc1OC2. The van der Waals surface area contributed by atoms with E-state index in [9.17, 15) is 4.79 Å². The van der Waals surface area contributed by atoms with Crippen molar-refractivity contribution in [2.24, 2.45) is 0 Å². The van der Waals surface area contributed by atoms with E-state index in [4.69, 9.17) is 14.2 Å². The molecule has 0 amide bonds. The van der Waals surface area contributed by atoms with Crippen LogP contribution in [0.1, 0.15) is 33.2 Å². The number of benzene rings is 2.